The van der Waals surface area contributed by atoms with E-state index < -0.39 is 10.0 Å². The van der Waals surface area contributed by atoms with E-state index in [1.54, 1.807) is 6.92 Å². The van der Waals surface area contributed by atoms with Gasteiger partial charge in [0.1, 0.15) is 0 Å². The SMILES string of the molecule is CCOC1CCN(S(=O)(=O)c2sc(N)nc2C)CC1. The molecule has 0 saturated carbocycles. The van der Waals surface area contributed by atoms with Gasteiger partial charge in [0.15, 0.2) is 9.34 Å². The van der Waals surface area contributed by atoms with Crippen molar-refractivity contribution in [1.82, 2.24) is 9.29 Å². The zero-order chi connectivity index (χ0) is 14.0. The highest BCUT2D eigenvalue weighted by Gasteiger charge is 2.32. The van der Waals surface area contributed by atoms with Gasteiger partial charge in [0, 0.05) is 19.7 Å². The number of nitrogen functional groups attached to an aromatic ring is 1. The van der Waals surface area contributed by atoms with Crippen LogP contribution in [0.1, 0.15) is 25.5 Å². The quantitative estimate of drug-likeness (QED) is 0.904. The number of ether oxygens (including phenoxy) is 1. The van der Waals surface area contributed by atoms with Gasteiger partial charge in [-0.15, -0.1) is 0 Å². The average Bonchev–Trinajstić information content (AvgIpc) is 2.70. The van der Waals surface area contributed by atoms with Gasteiger partial charge in [0.05, 0.1) is 11.8 Å². The number of aromatic nitrogens is 1. The van der Waals surface area contributed by atoms with Gasteiger partial charge in [0.2, 0.25) is 0 Å². The third-order valence-corrected chi connectivity index (χ3v) is 6.62. The molecule has 2 N–H and O–H groups in total. The third-order valence-electron chi connectivity index (χ3n) is 3.15. The Kier molecular flexibility index (Phi) is 4.44. The number of sulfonamides is 1. The minimum atomic E-state index is -3.46. The Morgan fingerprint density at radius 3 is 2.58 bits per heavy atom. The first-order chi connectivity index (χ1) is 8.95. The lowest BCUT2D eigenvalue weighted by Gasteiger charge is -2.30. The Hall–Kier alpha value is -0.700. The van der Waals surface area contributed by atoms with Crippen LogP contribution in [0, 0.1) is 6.92 Å². The zero-order valence-electron chi connectivity index (χ0n) is 11.1. The molecule has 0 bridgehead atoms. The second kappa shape index (κ2) is 5.74. The van der Waals surface area contributed by atoms with E-state index in [-0.39, 0.29) is 10.3 Å². The number of piperidine rings is 1. The van der Waals surface area contributed by atoms with Crippen molar-refractivity contribution in [3.63, 3.8) is 0 Å². The Labute approximate surface area is 117 Å². The molecule has 2 heterocycles. The summed E-state index contributed by atoms with van der Waals surface area (Å²) in [5, 5.41) is 0.292. The van der Waals surface area contributed by atoms with Crippen LogP contribution in [0.5, 0.6) is 0 Å². The van der Waals surface area contributed by atoms with Crippen molar-refractivity contribution in [2.75, 3.05) is 25.4 Å². The molecule has 1 saturated heterocycles. The Bertz CT molecular complexity index is 533. The van der Waals surface area contributed by atoms with E-state index in [4.69, 9.17) is 10.5 Å². The van der Waals surface area contributed by atoms with Gasteiger partial charge in [-0.2, -0.15) is 4.31 Å². The molecule has 108 valence electrons. The summed E-state index contributed by atoms with van der Waals surface area (Å²) >= 11 is 1.03. The maximum absolute atomic E-state index is 12.5. The van der Waals surface area contributed by atoms with Crippen LogP contribution in [0.3, 0.4) is 0 Å². The van der Waals surface area contributed by atoms with Crippen molar-refractivity contribution < 1.29 is 13.2 Å². The van der Waals surface area contributed by atoms with Crippen molar-refractivity contribution in [3.8, 4) is 0 Å². The Morgan fingerprint density at radius 2 is 2.11 bits per heavy atom. The van der Waals surface area contributed by atoms with E-state index in [0.717, 1.165) is 24.2 Å². The fourth-order valence-corrected chi connectivity index (χ4v) is 5.14. The van der Waals surface area contributed by atoms with Crippen molar-refractivity contribution in [3.05, 3.63) is 5.69 Å². The highest BCUT2D eigenvalue weighted by molar-refractivity contribution is 7.91. The van der Waals surface area contributed by atoms with E-state index in [2.05, 4.69) is 4.98 Å². The van der Waals surface area contributed by atoms with Crippen LogP contribution in [0.15, 0.2) is 4.21 Å². The van der Waals surface area contributed by atoms with E-state index in [1.165, 1.54) is 4.31 Å². The first-order valence-electron chi connectivity index (χ1n) is 6.29. The summed E-state index contributed by atoms with van der Waals surface area (Å²) in [6.45, 7) is 5.27. The topological polar surface area (TPSA) is 85.5 Å². The minimum absolute atomic E-state index is 0.170. The molecule has 1 aromatic heterocycles. The number of nitrogens with zero attached hydrogens (tertiary/aromatic N) is 2. The predicted octanol–water partition coefficient (Wildman–Crippen LogP) is 1.22. The molecule has 0 aromatic carbocycles. The van der Waals surface area contributed by atoms with Gasteiger partial charge in [-0.1, -0.05) is 11.3 Å². The fourth-order valence-electron chi connectivity index (χ4n) is 2.23. The molecule has 1 aliphatic rings. The number of hydrogen-bond donors (Lipinski definition) is 1. The number of thiazole rings is 1. The van der Waals surface area contributed by atoms with Gasteiger partial charge >= 0.3 is 0 Å². The lowest BCUT2D eigenvalue weighted by molar-refractivity contribution is 0.0290. The van der Waals surface area contributed by atoms with Gasteiger partial charge in [-0.3, -0.25) is 0 Å². The summed E-state index contributed by atoms with van der Waals surface area (Å²) in [6, 6.07) is 0. The lowest BCUT2D eigenvalue weighted by Crippen LogP contribution is -2.40. The van der Waals surface area contributed by atoms with Crippen LogP contribution in [0.25, 0.3) is 0 Å². The minimum Gasteiger partial charge on any atom is -0.378 e. The van der Waals surface area contributed by atoms with E-state index >= 15 is 0 Å². The molecule has 19 heavy (non-hydrogen) atoms. The molecular weight excluding hydrogens is 286 g/mol. The number of rotatable bonds is 4. The molecule has 1 fully saturated rings. The summed E-state index contributed by atoms with van der Waals surface area (Å²) in [4.78, 5) is 3.98. The van der Waals surface area contributed by atoms with Crippen LogP contribution in [0.4, 0.5) is 5.13 Å². The molecular formula is C11H19N3O3S2. The number of nitrogens with two attached hydrogens (primary N) is 1. The average molecular weight is 305 g/mol. The van der Waals surface area contributed by atoms with E-state index in [0.29, 0.717) is 30.5 Å². The lowest BCUT2D eigenvalue weighted by atomic mass is 10.1. The summed E-state index contributed by atoms with van der Waals surface area (Å²) < 4.78 is 32.3. The molecule has 6 nitrogen and oxygen atoms in total. The van der Waals surface area contributed by atoms with Crippen molar-refractivity contribution in [1.29, 1.82) is 0 Å². The molecule has 1 aromatic rings. The van der Waals surface area contributed by atoms with Crippen LogP contribution < -0.4 is 5.73 Å². The number of anilines is 1. The monoisotopic (exact) mass is 305 g/mol. The Morgan fingerprint density at radius 1 is 1.47 bits per heavy atom. The maximum Gasteiger partial charge on any atom is 0.254 e. The first kappa shape index (κ1) is 14.7. The van der Waals surface area contributed by atoms with Crippen LogP contribution in [-0.2, 0) is 14.8 Å². The van der Waals surface area contributed by atoms with Crippen molar-refractivity contribution in [2.45, 2.75) is 37.0 Å². The molecule has 0 atom stereocenters. The molecule has 0 spiro atoms. The molecule has 1 aliphatic heterocycles. The smallest absolute Gasteiger partial charge is 0.254 e. The van der Waals surface area contributed by atoms with Crippen LogP contribution in [-0.4, -0.2) is 43.5 Å². The fraction of sp³-hybridized carbons (Fsp3) is 0.727. The van der Waals surface area contributed by atoms with E-state index in [9.17, 15) is 8.42 Å². The van der Waals surface area contributed by atoms with Crippen molar-refractivity contribution in [2.24, 2.45) is 0 Å². The highest BCUT2D eigenvalue weighted by Crippen LogP contribution is 2.29. The van der Waals surface area contributed by atoms with Gasteiger partial charge < -0.3 is 10.5 Å². The highest BCUT2D eigenvalue weighted by atomic mass is 32.2. The predicted molar refractivity (Wildman–Crippen MR) is 74.7 cm³/mol. The van der Waals surface area contributed by atoms with Gasteiger partial charge in [-0.05, 0) is 26.7 Å². The third kappa shape index (κ3) is 3.07. The second-order valence-corrected chi connectivity index (χ2v) is 7.65. The van der Waals surface area contributed by atoms with Crippen molar-refractivity contribution >= 4 is 26.5 Å². The molecule has 0 unspecified atom stereocenters. The second-order valence-electron chi connectivity index (χ2n) is 4.48. The number of hydrogen-bond acceptors (Lipinski definition) is 6. The molecule has 0 radical (unpaired) electrons. The standard InChI is InChI=1S/C11H19N3O3S2/c1-3-17-9-4-6-14(7-5-9)19(15,16)10-8(2)13-11(12)18-10/h9H,3-7H2,1-2H3,(H2,12,13). The number of aryl methyl sites for hydroxylation is 1. The molecule has 0 amide bonds. The van der Waals surface area contributed by atoms with Gasteiger partial charge in [0.25, 0.3) is 10.0 Å². The normalized spacial score (nSPS) is 18.8. The van der Waals surface area contributed by atoms with Gasteiger partial charge in [-0.25, -0.2) is 13.4 Å². The summed E-state index contributed by atoms with van der Waals surface area (Å²) in [6.07, 6.45) is 1.64. The van der Waals surface area contributed by atoms with Crippen LogP contribution in [0.2, 0.25) is 0 Å². The van der Waals surface area contributed by atoms with E-state index in [1.807, 2.05) is 6.92 Å². The zero-order valence-corrected chi connectivity index (χ0v) is 12.8. The summed E-state index contributed by atoms with van der Waals surface area (Å²) in [5.41, 5.74) is 6.05. The summed E-state index contributed by atoms with van der Waals surface area (Å²) in [5.74, 6) is 0. The summed E-state index contributed by atoms with van der Waals surface area (Å²) in [7, 11) is -3.46. The largest absolute Gasteiger partial charge is 0.378 e. The molecule has 8 heteroatoms. The van der Waals surface area contributed by atoms with Crippen LogP contribution >= 0.6 is 11.3 Å². The maximum atomic E-state index is 12.5. The first-order valence-corrected chi connectivity index (χ1v) is 8.55. The Balaban J connectivity index is 2.12. The molecule has 0 aliphatic carbocycles. The molecule has 2 rings (SSSR count).